The normalized spacial score (nSPS) is 9.37. The van der Waals surface area contributed by atoms with E-state index in [0.717, 1.165) is 34.8 Å². The van der Waals surface area contributed by atoms with E-state index >= 15 is 0 Å². The molecule has 0 bridgehead atoms. The molecule has 0 saturated carbocycles. The Hall–Kier alpha value is -2.73. The second-order valence-corrected chi connectivity index (χ2v) is 9.13. The fourth-order valence-corrected chi connectivity index (χ4v) is 2.76. The number of carboxylic acids is 1. The summed E-state index contributed by atoms with van der Waals surface area (Å²) in [5, 5.41) is 8.60. The van der Waals surface area contributed by atoms with E-state index in [1.54, 1.807) is 24.8 Å². The van der Waals surface area contributed by atoms with Gasteiger partial charge in [-0.15, -0.1) is 0 Å². The molecular formula is C26H28Cl2N4O2Ru. The zero-order valence-electron chi connectivity index (χ0n) is 19.5. The topological polar surface area (TPSA) is 88.9 Å². The molecule has 0 fully saturated rings. The number of carboxylic acid groups (broad SMARTS) is 1. The molecule has 0 unspecified atom stereocenters. The molecule has 0 saturated heterocycles. The predicted molar refractivity (Wildman–Crippen MR) is 139 cm³/mol. The van der Waals surface area contributed by atoms with Crippen molar-refractivity contribution in [2.75, 3.05) is 0 Å². The SMILES string of the molecule is CC.O=C(O)CCCc1ccnc(-c2ccccn2)c1.[Cl][Ru][Cl].c1ccc(-c2ccccn2)nc1. The molecule has 9 heteroatoms. The van der Waals surface area contributed by atoms with Gasteiger partial charge in [0.2, 0.25) is 0 Å². The average molecular weight is 601 g/mol. The minimum absolute atomic E-state index is 0.196. The van der Waals surface area contributed by atoms with Gasteiger partial charge >= 0.3 is 40.5 Å². The molecule has 0 aliphatic carbocycles. The van der Waals surface area contributed by atoms with Gasteiger partial charge in [0.1, 0.15) is 0 Å². The van der Waals surface area contributed by atoms with Gasteiger partial charge < -0.3 is 5.11 Å². The van der Waals surface area contributed by atoms with E-state index in [0.29, 0.717) is 6.42 Å². The molecular weight excluding hydrogens is 572 g/mol. The van der Waals surface area contributed by atoms with Crippen molar-refractivity contribution in [3.05, 3.63) is 97.1 Å². The van der Waals surface area contributed by atoms with Gasteiger partial charge in [-0.1, -0.05) is 32.0 Å². The van der Waals surface area contributed by atoms with Gasteiger partial charge in [0.05, 0.1) is 22.8 Å². The van der Waals surface area contributed by atoms with Gasteiger partial charge in [-0.05, 0) is 66.9 Å². The molecule has 0 aromatic carbocycles. The van der Waals surface area contributed by atoms with Crippen LogP contribution in [0.25, 0.3) is 22.8 Å². The van der Waals surface area contributed by atoms with Crippen LogP contribution in [0.4, 0.5) is 0 Å². The summed E-state index contributed by atoms with van der Waals surface area (Å²) in [5.41, 5.74) is 4.57. The molecule has 0 aliphatic rings. The summed E-state index contributed by atoms with van der Waals surface area (Å²) in [6, 6.07) is 21.2. The van der Waals surface area contributed by atoms with Crippen LogP contribution in [0.3, 0.4) is 0 Å². The Labute approximate surface area is 222 Å². The summed E-state index contributed by atoms with van der Waals surface area (Å²) >= 11 is -0.346. The molecule has 0 radical (unpaired) electrons. The average Bonchev–Trinajstić information content (AvgIpc) is 2.92. The number of aromatic nitrogens is 4. The molecule has 4 aromatic heterocycles. The first kappa shape index (κ1) is 30.3. The van der Waals surface area contributed by atoms with Gasteiger partial charge in [0.15, 0.2) is 0 Å². The van der Waals surface area contributed by atoms with Crippen molar-refractivity contribution in [2.45, 2.75) is 33.1 Å². The van der Waals surface area contributed by atoms with Crippen molar-refractivity contribution >= 4 is 25.4 Å². The fourth-order valence-electron chi connectivity index (χ4n) is 2.76. The maximum Gasteiger partial charge on any atom is 0.0886 e. The predicted octanol–water partition coefficient (Wildman–Crippen LogP) is 7.10. The Bertz CT molecular complexity index is 1040. The smallest absolute Gasteiger partial charge is 0.0886 e. The van der Waals surface area contributed by atoms with Crippen LogP contribution < -0.4 is 0 Å². The van der Waals surface area contributed by atoms with Crippen molar-refractivity contribution in [1.29, 1.82) is 0 Å². The van der Waals surface area contributed by atoms with Crippen LogP contribution in [0.15, 0.2) is 91.5 Å². The number of aryl methyl sites for hydroxylation is 1. The van der Waals surface area contributed by atoms with Gasteiger partial charge in [-0.25, -0.2) is 0 Å². The second-order valence-electron chi connectivity index (χ2n) is 6.49. The Morgan fingerprint density at radius 1 is 0.743 bits per heavy atom. The maximum absolute atomic E-state index is 10.5. The number of pyridine rings is 4. The first-order valence-electron chi connectivity index (χ1n) is 10.9. The second kappa shape index (κ2) is 19.6. The number of carbonyl (C=O) groups is 1. The van der Waals surface area contributed by atoms with Crippen LogP contribution in [0, 0.1) is 0 Å². The molecule has 4 heterocycles. The Morgan fingerprint density at radius 3 is 1.57 bits per heavy atom. The van der Waals surface area contributed by atoms with Crippen LogP contribution in [-0.4, -0.2) is 31.0 Å². The van der Waals surface area contributed by atoms with E-state index in [-0.39, 0.29) is 21.6 Å². The number of rotatable bonds is 6. The van der Waals surface area contributed by atoms with Crippen molar-refractivity contribution in [2.24, 2.45) is 0 Å². The third-order valence-corrected chi connectivity index (χ3v) is 4.20. The van der Waals surface area contributed by atoms with Crippen LogP contribution in [0.1, 0.15) is 32.3 Å². The molecule has 0 atom stereocenters. The summed E-state index contributed by atoms with van der Waals surface area (Å²) < 4.78 is 0. The number of nitrogens with zero attached hydrogens (tertiary/aromatic N) is 4. The van der Waals surface area contributed by atoms with Crippen LogP contribution in [0.5, 0.6) is 0 Å². The van der Waals surface area contributed by atoms with E-state index < -0.39 is 5.97 Å². The summed E-state index contributed by atoms with van der Waals surface area (Å²) in [6.45, 7) is 4.00. The van der Waals surface area contributed by atoms with E-state index in [4.69, 9.17) is 24.5 Å². The third kappa shape index (κ3) is 13.1. The van der Waals surface area contributed by atoms with Crippen molar-refractivity contribution in [3.63, 3.8) is 0 Å². The molecule has 4 rings (SSSR count). The first-order chi connectivity index (χ1) is 17.1. The quantitative estimate of drug-likeness (QED) is 0.238. The molecule has 0 spiro atoms. The van der Waals surface area contributed by atoms with E-state index in [1.165, 1.54) is 0 Å². The molecule has 0 aliphatic heterocycles. The van der Waals surface area contributed by atoms with Crippen LogP contribution in [-0.2, 0) is 26.4 Å². The Morgan fingerprint density at radius 2 is 1.17 bits per heavy atom. The Balaban J connectivity index is 0.000000311. The van der Waals surface area contributed by atoms with Crippen LogP contribution in [0.2, 0.25) is 0 Å². The summed E-state index contributed by atoms with van der Waals surface area (Å²) in [6.07, 6.45) is 8.58. The zero-order chi connectivity index (χ0) is 25.7. The molecule has 6 nitrogen and oxygen atoms in total. The fraction of sp³-hybridized carbons (Fsp3) is 0.192. The summed E-state index contributed by atoms with van der Waals surface area (Å²) in [4.78, 5) is 27.3. The number of halogens is 2. The Kier molecular flexibility index (Phi) is 16.9. The molecule has 0 amide bonds. The maximum atomic E-state index is 10.5. The summed E-state index contributed by atoms with van der Waals surface area (Å²) in [7, 11) is 9.71. The third-order valence-electron chi connectivity index (χ3n) is 4.20. The van der Waals surface area contributed by atoms with E-state index in [9.17, 15) is 4.79 Å². The van der Waals surface area contributed by atoms with Crippen molar-refractivity contribution < 1.29 is 25.0 Å². The minimum atomic E-state index is -0.756. The monoisotopic (exact) mass is 600 g/mol. The van der Waals surface area contributed by atoms with Gasteiger partial charge in [-0.3, -0.25) is 24.7 Å². The number of aliphatic carboxylic acids is 1. The molecule has 186 valence electrons. The van der Waals surface area contributed by atoms with Gasteiger partial charge in [0, 0.05) is 31.2 Å². The first-order valence-corrected chi connectivity index (χ1v) is 15.4. The van der Waals surface area contributed by atoms with Gasteiger partial charge in [-0.2, -0.15) is 0 Å². The largest absolute Gasteiger partial charge is 0.255 e. The molecule has 1 N–H and O–H groups in total. The summed E-state index contributed by atoms with van der Waals surface area (Å²) in [5.74, 6) is -0.756. The molecule has 35 heavy (non-hydrogen) atoms. The zero-order valence-corrected chi connectivity index (χ0v) is 22.8. The van der Waals surface area contributed by atoms with Crippen molar-refractivity contribution in [1.82, 2.24) is 19.9 Å². The van der Waals surface area contributed by atoms with E-state index in [1.807, 2.05) is 80.6 Å². The van der Waals surface area contributed by atoms with Gasteiger partial charge in [0.25, 0.3) is 0 Å². The van der Waals surface area contributed by atoms with Crippen molar-refractivity contribution in [3.8, 4) is 22.8 Å². The molecule has 4 aromatic rings. The standard InChI is InChI=1S/C14H14N2O2.C10H8N2.C2H6.2ClH.Ru/c17-14(18)6-3-4-11-7-9-16-13(10-11)12-5-1-2-8-15-12;1-3-7-11-9(5-1)10-6-2-4-8-12-10;1-2;;;/h1-2,5,7-10H,3-4,6H2,(H,17,18);1-8H;1-2H3;2*1H;/q;;;;;+2/p-2. The van der Waals surface area contributed by atoms with E-state index in [2.05, 4.69) is 19.9 Å². The number of hydrogen-bond donors (Lipinski definition) is 1. The minimum Gasteiger partial charge on any atom is -0.255 e. The van der Waals surface area contributed by atoms with Crippen LogP contribution >= 0.6 is 19.4 Å². The number of hydrogen-bond acceptors (Lipinski definition) is 5.